The molecule has 8 nitrogen and oxygen atoms in total. The molecule has 1 fully saturated rings. The lowest BCUT2D eigenvalue weighted by Crippen LogP contribution is -2.48. The average Bonchev–Trinajstić information content (AvgIpc) is 3.50. The van der Waals surface area contributed by atoms with Gasteiger partial charge in [0.2, 0.25) is 5.91 Å². The van der Waals surface area contributed by atoms with E-state index in [1.165, 1.54) is 11.2 Å². The molecule has 1 N–H and O–H groups in total. The number of carbonyl (C=O) groups is 2. The number of nitrogens with zero attached hydrogens (tertiary/aromatic N) is 3. The first-order valence-corrected chi connectivity index (χ1v) is 13.9. The van der Waals surface area contributed by atoms with Crippen LogP contribution in [0.4, 0.5) is 36.8 Å². The highest BCUT2D eigenvalue weighted by Gasteiger charge is 2.37. The summed E-state index contributed by atoms with van der Waals surface area (Å²) in [4.78, 5) is 31.6. The fraction of sp³-hybridized carbons (Fsp3) is 0.400. The third-order valence-corrected chi connectivity index (χ3v) is 7.03. The molecule has 238 valence electrons. The number of amides is 3. The molecule has 44 heavy (non-hydrogen) atoms. The second-order valence-corrected chi connectivity index (χ2v) is 10.2. The topological polar surface area (TPSA) is 78.3 Å². The maximum atomic E-state index is 13.6. The molecule has 0 bridgehead atoms. The van der Waals surface area contributed by atoms with E-state index in [1.54, 1.807) is 12.1 Å². The van der Waals surface area contributed by atoms with Gasteiger partial charge in [0.25, 0.3) is 0 Å². The summed E-state index contributed by atoms with van der Waals surface area (Å²) in [6, 6.07) is 12.6. The van der Waals surface area contributed by atoms with E-state index < -0.39 is 47.6 Å². The molecule has 0 saturated carbocycles. The normalized spacial score (nSPS) is 14.3. The number of morpholine rings is 1. The zero-order chi connectivity index (χ0) is 31.7. The van der Waals surface area contributed by atoms with Gasteiger partial charge in [0.1, 0.15) is 12.3 Å². The highest BCUT2D eigenvalue weighted by molar-refractivity contribution is 5.92. The third kappa shape index (κ3) is 9.74. The maximum absolute atomic E-state index is 13.6. The molecular formula is C30H32F6N4O4. The lowest BCUT2D eigenvalue weighted by Gasteiger charge is -2.31. The Bertz CT molecular complexity index is 1330. The van der Waals surface area contributed by atoms with Crippen LogP contribution in [0.3, 0.4) is 0 Å². The molecule has 3 amide bonds. The number of hydrogen-bond donors (Lipinski definition) is 1. The number of anilines is 1. The summed E-state index contributed by atoms with van der Waals surface area (Å²) in [5, 5.41) is 2.16. The van der Waals surface area contributed by atoms with Crippen LogP contribution in [0.1, 0.15) is 22.5 Å². The Morgan fingerprint density at radius 3 is 2.09 bits per heavy atom. The van der Waals surface area contributed by atoms with E-state index in [2.05, 4.69) is 5.32 Å². The lowest BCUT2D eigenvalue weighted by atomic mass is 10.1. The molecule has 0 unspecified atom stereocenters. The van der Waals surface area contributed by atoms with Crippen LogP contribution in [0.15, 0.2) is 71.3 Å². The Hall–Kier alpha value is -4.04. The van der Waals surface area contributed by atoms with Gasteiger partial charge >= 0.3 is 18.4 Å². The van der Waals surface area contributed by atoms with E-state index in [-0.39, 0.29) is 25.7 Å². The van der Waals surface area contributed by atoms with E-state index in [4.69, 9.17) is 9.15 Å². The smallest absolute Gasteiger partial charge is 0.416 e. The predicted octanol–water partition coefficient (Wildman–Crippen LogP) is 5.75. The van der Waals surface area contributed by atoms with Crippen LogP contribution < -0.4 is 5.32 Å². The van der Waals surface area contributed by atoms with Crippen molar-refractivity contribution < 1.29 is 45.1 Å². The lowest BCUT2D eigenvalue weighted by molar-refractivity contribution is -0.143. The largest absolute Gasteiger partial charge is 0.467 e. The molecule has 2 aromatic carbocycles. The van der Waals surface area contributed by atoms with Crippen LogP contribution in [-0.2, 0) is 34.8 Å². The van der Waals surface area contributed by atoms with Gasteiger partial charge in [-0.3, -0.25) is 9.69 Å². The molecule has 0 radical (unpaired) electrons. The van der Waals surface area contributed by atoms with Crippen molar-refractivity contribution in [2.75, 3.05) is 57.8 Å². The monoisotopic (exact) mass is 626 g/mol. The molecule has 1 aliphatic heterocycles. The molecular weight excluding hydrogens is 594 g/mol. The number of urea groups is 1. The first-order chi connectivity index (χ1) is 20.9. The predicted molar refractivity (Wildman–Crippen MR) is 149 cm³/mol. The van der Waals surface area contributed by atoms with Gasteiger partial charge in [-0.1, -0.05) is 30.3 Å². The van der Waals surface area contributed by atoms with Crippen LogP contribution in [0.25, 0.3) is 0 Å². The summed E-state index contributed by atoms with van der Waals surface area (Å²) in [5.74, 6) is 0.0221. The van der Waals surface area contributed by atoms with Crippen molar-refractivity contribution in [1.82, 2.24) is 14.7 Å². The quantitative estimate of drug-likeness (QED) is 0.274. The van der Waals surface area contributed by atoms with E-state index in [0.717, 1.165) is 10.5 Å². The second-order valence-electron chi connectivity index (χ2n) is 10.2. The molecule has 0 atom stereocenters. The van der Waals surface area contributed by atoms with Crippen LogP contribution >= 0.6 is 0 Å². The SMILES string of the molecule is O=C(CN(CCN1CCOCC1)C(=O)Nc1cc(C(F)(F)F)cc(C(F)(F)F)c1)N(CCc1ccccc1)Cc1ccco1. The standard InChI is InChI=1S/C30H32F6N4O4/c31-29(32,33)23-17-24(30(34,35)36)19-25(18-23)37-28(42)40(11-10-38-12-15-43-16-13-38)21-27(41)39(20-26-7-4-14-44-26)9-8-22-5-2-1-3-6-22/h1-7,14,17-19H,8-13,15-16,20-21H2,(H,37,42). The first kappa shape index (κ1) is 32.9. The molecule has 3 aromatic rings. The maximum Gasteiger partial charge on any atom is 0.416 e. The van der Waals surface area contributed by atoms with Gasteiger partial charge < -0.3 is 24.3 Å². The van der Waals surface area contributed by atoms with Crippen LogP contribution in [0.2, 0.25) is 0 Å². The molecule has 0 spiro atoms. The van der Waals surface area contributed by atoms with Gasteiger partial charge in [-0.25, -0.2) is 4.79 Å². The summed E-state index contributed by atoms with van der Waals surface area (Å²) in [6.07, 6.45) is -8.21. The van der Waals surface area contributed by atoms with Crippen molar-refractivity contribution in [3.63, 3.8) is 0 Å². The summed E-state index contributed by atoms with van der Waals surface area (Å²) in [7, 11) is 0. The van der Waals surface area contributed by atoms with Crippen LogP contribution in [0.5, 0.6) is 0 Å². The fourth-order valence-electron chi connectivity index (χ4n) is 4.62. The van der Waals surface area contributed by atoms with Crippen molar-refractivity contribution in [3.05, 3.63) is 89.4 Å². The average molecular weight is 627 g/mol. The van der Waals surface area contributed by atoms with Crippen molar-refractivity contribution in [2.24, 2.45) is 0 Å². The van der Waals surface area contributed by atoms with Gasteiger partial charge in [0, 0.05) is 38.4 Å². The minimum Gasteiger partial charge on any atom is -0.467 e. The molecule has 1 aromatic heterocycles. The highest BCUT2D eigenvalue weighted by atomic mass is 19.4. The molecule has 1 aliphatic rings. The van der Waals surface area contributed by atoms with Gasteiger partial charge in [0.05, 0.1) is 37.1 Å². The minimum absolute atomic E-state index is 0.0179. The zero-order valence-electron chi connectivity index (χ0n) is 23.7. The van der Waals surface area contributed by atoms with Crippen molar-refractivity contribution in [2.45, 2.75) is 25.3 Å². The Kier molecular flexibility index (Phi) is 10.9. The second kappa shape index (κ2) is 14.6. The number of rotatable bonds is 11. The Labute approximate surface area is 250 Å². The number of nitrogens with one attached hydrogen (secondary N) is 1. The summed E-state index contributed by atoms with van der Waals surface area (Å²) in [5.41, 5.74) is -2.86. The third-order valence-electron chi connectivity index (χ3n) is 7.03. The number of benzene rings is 2. The Morgan fingerprint density at radius 2 is 1.50 bits per heavy atom. The molecule has 14 heteroatoms. The van der Waals surface area contributed by atoms with Gasteiger partial charge in [-0.05, 0) is 42.3 Å². The van der Waals surface area contributed by atoms with Crippen molar-refractivity contribution >= 4 is 17.6 Å². The van der Waals surface area contributed by atoms with Crippen LogP contribution in [-0.4, -0.2) is 79.1 Å². The highest BCUT2D eigenvalue weighted by Crippen LogP contribution is 2.37. The number of carbonyl (C=O) groups excluding carboxylic acids is 2. The summed E-state index contributed by atoms with van der Waals surface area (Å²) in [6.45, 7) is 2.24. The number of furan rings is 1. The number of hydrogen-bond acceptors (Lipinski definition) is 5. The minimum atomic E-state index is -5.09. The van der Waals surface area contributed by atoms with E-state index in [9.17, 15) is 35.9 Å². The zero-order valence-corrected chi connectivity index (χ0v) is 23.7. The fourth-order valence-corrected chi connectivity index (χ4v) is 4.62. The molecule has 0 aliphatic carbocycles. The van der Waals surface area contributed by atoms with E-state index >= 15 is 0 Å². The molecule has 1 saturated heterocycles. The van der Waals surface area contributed by atoms with Crippen LogP contribution in [0, 0.1) is 0 Å². The summed E-state index contributed by atoms with van der Waals surface area (Å²) < 4.78 is 91.2. The van der Waals surface area contributed by atoms with Crippen molar-refractivity contribution in [1.29, 1.82) is 0 Å². The van der Waals surface area contributed by atoms with Gasteiger partial charge in [-0.2, -0.15) is 26.3 Å². The Balaban J connectivity index is 1.55. The number of ether oxygens (including phenoxy) is 1. The molecule has 2 heterocycles. The first-order valence-electron chi connectivity index (χ1n) is 13.9. The van der Waals surface area contributed by atoms with Gasteiger partial charge in [-0.15, -0.1) is 0 Å². The van der Waals surface area contributed by atoms with Gasteiger partial charge in [0.15, 0.2) is 0 Å². The molecule has 4 rings (SSSR count). The van der Waals surface area contributed by atoms with Crippen molar-refractivity contribution in [3.8, 4) is 0 Å². The van der Waals surface area contributed by atoms with E-state index in [1.807, 2.05) is 35.2 Å². The number of halogens is 6. The Morgan fingerprint density at radius 1 is 0.841 bits per heavy atom. The summed E-state index contributed by atoms with van der Waals surface area (Å²) >= 11 is 0. The van der Waals surface area contributed by atoms with E-state index in [0.29, 0.717) is 57.2 Å². The number of alkyl halides is 6.